The maximum atomic E-state index is 12.1. The van der Waals surface area contributed by atoms with Crippen molar-refractivity contribution < 1.29 is 14.3 Å². The lowest BCUT2D eigenvalue weighted by atomic mass is 10.1. The molecule has 24 heavy (non-hydrogen) atoms. The van der Waals surface area contributed by atoms with Crippen molar-refractivity contribution in [2.75, 3.05) is 19.7 Å². The van der Waals surface area contributed by atoms with Gasteiger partial charge in [0, 0.05) is 25.2 Å². The molecular formula is C19H28N2O3. The van der Waals surface area contributed by atoms with E-state index in [1.165, 1.54) is 18.4 Å². The van der Waals surface area contributed by atoms with Crippen molar-refractivity contribution in [3.63, 3.8) is 0 Å². The summed E-state index contributed by atoms with van der Waals surface area (Å²) in [5.41, 5.74) is 2.23. The molecule has 5 heteroatoms. The number of rotatable bonds is 6. The summed E-state index contributed by atoms with van der Waals surface area (Å²) in [5.74, 6) is 0.939. The summed E-state index contributed by atoms with van der Waals surface area (Å²) in [5, 5.41) is 6.25. The minimum absolute atomic E-state index is 0.0222. The van der Waals surface area contributed by atoms with Crippen LogP contribution < -0.4 is 15.4 Å². The van der Waals surface area contributed by atoms with Crippen molar-refractivity contribution in [2.24, 2.45) is 0 Å². The monoisotopic (exact) mass is 332 g/mol. The average Bonchev–Trinajstić information content (AvgIpc) is 3.08. The Morgan fingerprint density at radius 3 is 2.96 bits per heavy atom. The number of aryl methyl sites for hydroxylation is 1. The first kappa shape index (κ1) is 17.2. The molecule has 1 heterocycles. The Labute approximate surface area is 144 Å². The smallest absolute Gasteiger partial charge is 0.222 e. The zero-order valence-corrected chi connectivity index (χ0v) is 14.5. The first-order valence-corrected chi connectivity index (χ1v) is 9.06. The highest BCUT2D eigenvalue weighted by Gasteiger charge is 2.19. The van der Waals surface area contributed by atoms with Crippen molar-refractivity contribution in [3.8, 4) is 5.75 Å². The number of amides is 1. The zero-order valence-electron chi connectivity index (χ0n) is 14.5. The van der Waals surface area contributed by atoms with E-state index in [9.17, 15) is 4.79 Å². The summed E-state index contributed by atoms with van der Waals surface area (Å²) in [6, 6.07) is 6.20. The summed E-state index contributed by atoms with van der Waals surface area (Å²) in [6.45, 7) is 4.85. The number of carbonyl (C=O) groups is 1. The van der Waals surface area contributed by atoms with Crippen molar-refractivity contribution in [3.05, 3.63) is 29.3 Å². The fraction of sp³-hybridized carbons (Fsp3) is 0.632. The third-order valence-electron chi connectivity index (χ3n) is 4.71. The number of ether oxygens (including phenoxy) is 2. The second-order valence-electron chi connectivity index (χ2n) is 6.81. The molecule has 1 saturated heterocycles. The Morgan fingerprint density at radius 2 is 2.21 bits per heavy atom. The van der Waals surface area contributed by atoms with Crippen LogP contribution in [0.4, 0.5) is 0 Å². The molecule has 1 amide bonds. The molecule has 2 N–H and O–H groups in total. The van der Waals surface area contributed by atoms with Crippen molar-refractivity contribution in [2.45, 2.75) is 57.8 Å². The third-order valence-corrected chi connectivity index (χ3v) is 4.71. The molecule has 1 saturated carbocycles. The van der Waals surface area contributed by atoms with E-state index in [0.717, 1.165) is 37.2 Å². The molecule has 0 spiro atoms. The van der Waals surface area contributed by atoms with Crippen LogP contribution in [0.2, 0.25) is 0 Å². The maximum absolute atomic E-state index is 12.1. The quantitative estimate of drug-likeness (QED) is 0.839. The van der Waals surface area contributed by atoms with Gasteiger partial charge in [-0.1, -0.05) is 12.1 Å². The van der Waals surface area contributed by atoms with Crippen LogP contribution in [-0.2, 0) is 16.1 Å². The lowest BCUT2D eigenvalue weighted by Gasteiger charge is -2.23. The molecule has 1 aromatic carbocycles. The summed E-state index contributed by atoms with van der Waals surface area (Å²) < 4.78 is 11.8. The molecular weight excluding hydrogens is 304 g/mol. The van der Waals surface area contributed by atoms with Crippen LogP contribution in [0.1, 0.15) is 43.2 Å². The Morgan fingerprint density at radius 1 is 1.38 bits per heavy atom. The lowest BCUT2D eigenvalue weighted by molar-refractivity contribution is -0.124. The molecule has 1 aromatic rings. The normalized spacial score (nSPS) is 21.6. The number of hydrogen-bond acceptors (Lipinski definition) is 4. The van der Waals surface area contributed by atoms with Gasteiger partial charge in [-0.05, 0) is 44.2 Å². The Balaban J connectivity index is 1.54. The fourth-order valence-electron chi connectivity index (χ4n) is 3.33. The molecule has 1 aliphatic carbocycles. The van der Waals surface area contributed by atoms with Crippen molar-refractivity contribution in [1.29, 1.82) is 0 Å². The molecule has 2 aliphatic rings. The van der Waals surface area contributed by atoms with E-state index < -0.39 is 0 Å². The topological polar surface area (TPSA) is 59.6 Å². The third kappa shape index (κ3) is 4.95. The first-order valence-electron chi connectivity index (χ1n) is 9.06. The fourth-order valence-corrected chi connectivity index (χ4v) is 3.33. The van der Waals surface area contributed by atoms with Crippen molar-refractivity contribution >= 4 is 5.91 Å². The van der Waals surface area contributed by atoms with Gasteiger partial charge in [0.1, 0.15) is 5.75 Å². The van der Waals surface area contributed by atoms with Crippen LogP contribution in [0, 0.1) is 6.92 Å². The van der Waals surface area contributed by atoms with Crippen LogP contribution in [0.3, 0.4) is 0 Å². The Kier molecular flexibility index (Phi) is 6.10. The minimum atomic E-state index is -0.0222. The average molecular weight is 332 g/mol. The van der Waals surface area contributed by atoms with Gasteiger partial charge in [0.05, 0.1) is 25.2 Å². The van der Waals surface area contributed by atoms with E-state index in [1.807, 2.05) is 0 Å². The Bertz CT molecular complexity index is 550. The summed E-state index contributed by atoms with van der Waals surface area (Å²) in [6.07, 6.45) is 5.46. The predicted molar refractivity (Wildman–Crippen MR) is 93.1 cm³/mol. The molecule has 132 valence electrons. The summed E-state index contributed by atoms with van der Waals surface area (Å²) >= 11 is 0. The van der Waals surface area contributed by atoms with Gasteiger partial charge in [-0.3, -0.25) is 4.79 Å². The molecule has 5 nitrogen and oxygen atoms in total. The number of hydrogen-bond donors (Lipinski definition) is 2. The highest BCUT2D eigenvalue weighted by molar-refractivity contribution is 5.76. The van der Waals surface area contributed by atoms with Crippen LogP contribution in [0.15, 0.2) is 18.2 Å². The van der Waals surface area contributed by atoms with Gasteiger partial charge in [0.15, 0.2) is 0 Å². The van der Waals surface area contributed by atoms with Gasteiger partial charge in [-0.2, -0.15) is 0 Å². The number of morpholine rings is 1. The van der Waals surface area contributed by atoms with E-state index in [4.69, 9.17) is 9.47 Å². The molecule has 2 fully saturated rings. The molecule has 1 atom stereocenters. The molecule has 0 radical (unpaired) electrons. The van der Waals surface area contributed by atoms with Gasteiger partial charge >= 0.3 is 0 Å². The zero-order chi connectivity index (χ0) is 16.8. The standard InChI is InChI=1S/C19H28N2O3/c1-14-6-7-15(18(10-14)24-16-4-2-3-5-16)12-21-19(22)11-17-13-20-8-9-23-17/h6-7,10,16-17,20H,2-5,8-9,11-13H2,1H3,(H,21,22)/t17-/m0/s1. The molecule has 3 rings (SSSR count). The number of nitrogens with one attached hydrogen (secondary N) is 2. The van der Waals surface area contributed by atoms with Gasteiger partial charge < -0.3 is 20.1 Å². The van der Waals surface area contributed by atoms with E-state index in [1.54, 1.807) is 0 Å². The van der Waals surface area contributed by atoms with Gasteiger partial charge in [-0.25, -0.2) is 0 Å². The molecule has 0 bridgehead atoms. The second-order valence-corrected chi connectivity index (χ2v) is 6.81. The molecule has 1 aliphatic heterocycles. The maximum Gasteiger partial charge on any atom is 0.222 e. The van der Waals surface area contributed by atoms with Crippen LogP contribution in [0.25, 0.3) is 0 Å². The van der Waals surface area contributed by atoms with Gasteiger partial charge in [0.25, 0.3) is 0 Å². The second kappa shape index (κ2) is 8.49. The van der Waals surface area contributed by atoms with Crippen LogP contribution in [0.5, 0.6) is 5.75 Å². The van der Waals surface area contributed by atoms with Crippen molar-refractivity contribution in [1.82, 2.24) is 10.6 Å². The number of benzene rings is 1. The first-order chi connectivity index (χ1) is 11.7. The summed E-state index contributed by atoms with van der Waals surface area (Å²) in [4.78, 5) is 12.1. The largest absolute Gasteiger partial charge is 0.490 e. The molecule has 0 aromatic heterocycles. The minimum Gasteiger partial charge on any atom is -0.490 e. The van der Waals surface area contributed by atoms with Gasteiger partial charge in [-0.15, -0.1) is 0 Å². The summed E-state index contributed by atoms with van der Waals surface area (Å²) in [7, 11) is 0. The highest BCUT2D eigenvalue weighted by atomic mass is 16.5. The number of carbonyl (C=O) groups excluding carboxylic acids is 1. The van der Waals surface area contributed by atoms with E-state index >= 15 is 0 Å². The van der Waals surface area contributed by atoms with Crippen LogP contribution in [-0.4, -0.2) is 37.8 Å². The van der Waals surface area contributed by atoms with Gasteiger partial charge in [0.2, 0.25) is 5.91 Å². The van der Waals surface area contributed by atoms with E-state index in [0.29, 0.717) is 25.7 Å². The Hall–Kier alpha value is -1.59. The molecule has 0 unspecified atom stereocenters. The van der Waals surface area contributed by atoms with E-state index in [-0.39, 0.29) is 12.0 Å². The highest BCUT2D eigenvalue weighted by Crippen LogP contribution is 2.27. The lowest BCUT2D eigenvalue weighted by Crippen LogP contribution is -2.41. The van der Waals surface area contributed by atoms with E-state index in [2.05, 4.69) is 35.8 Å². The SMILES string of the molecule is Cc1ccc(CNC(=O)C[C@H]2CNCCO2)c(OC2CCCC2)c1. The predicted octanol–water partition coefficient (Wildman–Crippen LogP) is 2.31. The van der Waals surface area contributed by atoms with Crippen LogP contribution >= 0.6 is 0 Å².